The van der Waals surface area contributed by atoms with E-state index in [0.717, 1.165) is 61.6 Å². The maximum absolute atomic E-state index is 5.81. The molecular weight excluding hydrogens is 468 g/mol. The molecule has 36 heavy (non-hydrogen) atoms. The largest absolute Gasteiger partial charge is 0.384 e. The minimum Gasteiger partial charge on any atom is -0.384 e. The van der Waals surface area contributed by atoms with Gasteiger partial charge in [0.05, 0.1) is 24.6 Å². The van der Waals surface area contributed by atoms with Crippen molar-refractivity contribution >= 4 is 34.8 Å². The van der Waals surface area contributed by atoms with Gasteiger partial charge < -0.3 is 21.1 Å². The fourth-order valence-corrected chi connectivity index (χ4v) is 5.88. The quantitative estimate of drug-likeness (QED) is 0.403. The van der Waals surface area contributed by atoms with Crippen LogP contribution in [0.25, 0.3) is 22.3 Å². The third-order valence-electron chi connectivity index (χ3n) is 6.70. The number of nitrogens with two attached hydrogens (primary N) is 2. The van der Waals surface area contributed by atoms with Crippen LogP contribution < -0.4 is 16.4 Å². The first-order valence-corrected chi connectivity index (χ1v) is 12.9. The van der Waals surface area contributed by atoms with E-state index in [9.17, 15) is 0 Å². The molecule has 0 spiro atoms. The predicted molar refractivity (Wildman–Crippen MR) is 147 cm³/mol. The summed E-state index contributed by atoms with van der Waals surface area (Å²) in [6.45, 7) is 5.47. The highest BCUT2D eigenvalue weighted by atomic mass is 32.2. The Balaban J connectivity index is 1.37. The first-order chi connectivity index (χ1) is 17.6. The number of ether oxygens (including phenoxy) is 1. The summed E-state index contributed by atoms with van der Waals surface area (Å²) >= 11 is 1.81. The number of hydrogen-bond acceptors (Lipinski definition) is 8. The van der Waals surface area contributed by atoms with Crippen molar-refractivity contribution in [3.8, 4) is 22.3 Å². The van der Waals surface area contributed by atoms with Gasteiger partial charge in [0.15, 0.2) is 0 Å². The highest BCUT2D eigenvalue weighted by Gasteiger charge is 2.25. The third-order valence-corrected chi connectivity index (χ3v) is 7.80. The van der Waals surface area contributed by atoms with Crippen LogP contribution in [0.4, 0.5) is 23.0 Å². The molecule has 4 aromatic rings. The van der Waals surface area contributed by atoms with E-state index in [-0.39, 0.29) is 0 Å². The zero-order chi connectivity index (χ0) is 24.5. The van der Waals surface area contributed by atoms with E-state index in [4.69, 9.17) is 16.2 Å². The number of hydrogen-bond donors (Lipinski definition) is 2. The molecular formula is C28H28N6OS. The summed E-state index contributed by atoms with van der Waals surface area (Å²) in [5.74, 6) is 1.05. The Morgan fingerprint density at radius 2 is 1.22 bits per heavy atom. The molecule has 8 heteroatoms. The molecule has 0 unspecified atom stereocenters. The summed E-state index contributed by atoms with van der Waals surface area (Å²) < 4.78 is 5.54. The minimum absolute atomic E-state index is 0.527. The lowest BCUT2D eigenvalue weighted by Crippen LogP contribution is -2.41. The number of benzene rings is 2. The van der Waals surface area contributed by atoms with Gasteiger partial charge >= 0.3 is 0 Å². The van der Waals surface area contributed by atoms with E-state index in [1.54, 1.807) is 11.8 Å². The van der Waals surface area contributed by atoms with Crippen LogP contribution in [0.15, 0.2) is 82.8 Å². The van der Waals surface area contributed by atoms with E-state index in [1.165, 1.54) is 21.2 Å². The molecule has 1 saturated heterocycles. The molecule has 2 aliphatic rings. The lowest BCUT2D eigenvalue weighted by atomic mass is 10.0. The molecule has 6 rings (SSSR count). The highest BCUT2D eigenvalue weighted by Crippen LogP contribution is 2.50. The molecule has 0 radical (unpaired) electrons. The van der Waals surface area contributed by atoms with Crippen molar-refractivity contribution in [1.82, 2.24) is 14.9 Å². The fraction of sp³-hybridized carbons (Fsp3) is 0.214. The van der Waals surface area contributed by atoms with Crippen molar-refractivity contribution < 1.29 is 4.74 Å². The van der Waals surface area contributed by atoms with E-state index >= 15 is 0 Å². The second-order valence-electron chi connectivity index (χ2n) is 9.02. The number of fused-ring (bicyclic) bond motifs is 2. The first-order valence-electron chi connectivity index (χ1n) is 12.1. The Hall–Kier alpha value is -3.59. The van der Waals surface area contributed by atoms with Gasteiger partial charge in [-0.25, -0.2) is 9.97 Å². The zero-order valence-electron chi connectivity index (χ0n) is 19.9. The summed E-state index contributed by atoms with van der Waals surface area (Å²) in [5, 5.41) is 0. The van der Waals surface area contributed by atoms with Gasteiger partial charge in [-0.15, -0.1) is 0 Å². The summed E-state index contributed by atoms with van der Waals surface area (Å²) in [6, 6.07) is 21.1. The van der Waals surface area contributed by atoms with Gasteiger partial charge in [0.2, 0.25) is 0 Å². The number of nitrogen functional groups attached to an aromatic ring is 2. The van der Waals surface area contributed by atoms with Crippen molar-refractivity contribution in [3.05, 3.63) is 73.1 Å². The van der Waals surface area contributed by atoms with Gasteiger partial charge in [0, 0.05) is 59.5 Å². The SMILES string of the molecule is Nc1ccc(-c2ccc3c(c2)Sc2cc(-c4ccc(N)nc4)ccc2N3CCN2CCOCC2)cn1. The average Bonchev–Trinajstić information content (AvgIpc) is 2.92. The summed E-state index contributed by atoms with van der Waals surface area (Å²) in [7, 11) is 0. The van der Waals surface area contributed by atoms with Gasteiger partial charge in [-0.3, -0.25) is 4.90 Å². The molecule has 2 aromatic heterocycles. The smallest absolute Gasteiger partial charge is 0.123 e. The maximum atomic E-state index is 5.81. The number of aromatic nitrogens is 2. The Morgan fingerprint density at radius 1 is 0.694 bits per heavy atom. The number of pyridine rings is 2. The van der Waals surface area contributed by atoms with E-state index in [1.807, 2.05) is 36.7 Å². The van der Waals surface area contributed by atoms with Crippen LogP contribution >= 0.6 is 11.8 Å². The van der Waals surface area contributed by atoms with Crippen molar-refractivity contribution in [3.63, 3.8) is 0 Å². The summed E-state index contributed by atoms with van der Waals surface area (Å²) in [4.78, 5) is 15.9. The molecule has 0 atom stereocenters. The second kappa shape index (κ2) is 9.81. The van der Waals surface area contributed by atoms with Crippen LogP contribution in [0.3, 0.4) is 0 Å². The Kier molecular flexibility index (Phi) is 6.23. The van der Waals surface area contributed by atoms with Gasteiger partial charge in [0.1, 0.15) is 11.6 Å². The van der Waals surface area contributed by atoms with Crippen LogP contribution in [-0.2, 0) is 4.74 Å². The standard InChI is InChI=1S/C28H28N6OS/c29-27-7-3-21(17-31-27)19-1-5-23-25(15-19)36-26-16-20(22-4-8-28(30)32-18-22)2-6-24(26)34(23)10-9-33-11-13-35-14-12-33/h1-8,15-18H,9-14H2,(H2,29,31)(H2,30,32). The minimum atomic E-state index is 0.527. The lowest BCUT2D eigenvalue weighted by molar-refractivity contribution is 0.0394. The van der Waals surface area contributed by atoms with Crippen LogP contribution in [-0.4, -0.2) is 54.3 Å². The number of anilines is 4. The normalized spacial score (nSPS) is 15.4. The number of rotatable bonds is 5. The van der Waals surface area contributed by atoms with Crippen molar-refractivity contribution in [2.75, 3.05) is 55.8 Å². The van der Waals surface area contributed by atoms with Gasteiger partial charge in [0.25, 0.3) is 0 Å². The monoisotopic (exact) mass is 496 g/mol. The van der Waals surface area contributed by atoms with Crippen LogP contribution in [0.5, 0.6) is 0 Å². The van der Waals surface area contributed by atoms with Crippen molar-refractivity contribution in [2.45, 2.75) is 9.79 Å². The molecule has 2 aromatic carbocycles. The Bertz CT molecular complexity index is 1280. The topological polar surface area (TPSA) is 93.5 Å². The molecule has 182 valence electrons. The molecule has 0 aliphatic carbocycles. The fourth-order valence-electron chi connectivity index (χ4n) is 4.70. The second-order valence-corrected chi connectivity index (χ2v) is 10.1. The summed E-state index contributed by atoms with van der Waals surface area (Å²) in [6.07, 6.45) is 3.67. The molecule has 4 heterocycles. The predicted octanol–water partition coefficient (Wildman–Crippen LogP) is 4.91. The number of nitrogens with zero attached hydrogens (tertiary/aromatic N) is 4. The molecule has 4 N–H and O–H groups in total. The third kappa shape index (κ3) is 4.63. The van der Waals surface area contributed by atoms with Gasteiger partial charge in [-0.1, -0.05) is 23.9 Å². The first kappa shape index (κ1) is 22.8. The molecule has 0 saturated carbocycles. The molecule has 0 amide bonds. The molecule has 2 aliphatic heterocycles. The van der Waals surface area contributed by atoms with Crippen molar-refractivity contribution in [1.29, 1.82) is 0 Å². The average molecular weight is 497 g/mol. The van der Waals surface area contributed by atoms with E-state index in [2.05, 4.69) is 56.2 Å². The Labute approximate surface area is 215 Å². The summed E-state index contributed by atoms with van der Waals surface area (Å²) in [5.41, 5.74) is 18.4. The van der Waals surface area contributed by atoms with E-state index in [0.29, 0.717) is 11.6 Å². The lowest BCUT2D eigenvalue weighted by Gasteiger charge is -2.36. The van der Waals surface area contributed by atoms with Crippen LogP contribution in [0.1, 0.15) is 0 Å². The van der Waals surface area contributed by atoms with Gasteiger partial charge in [-0.05, 0) is 59.7 Å². The number of morpholine rings is 1. The van der Waals surface area contributed by atoms with E-state index < -0.39 is 0 Å². The highest BCUT2D eigenvalue weighted by molar-refractivity contribution is 7.99. The van der Waals surface area contributed by atoms with Gasteiger partial charge in [-0.2, -0.15) is 0 Å². The van der Waals surface area contributed by atoms with Crippen LogP contribution in [0.2, 0.25) is 0 Å². The zero-order valence-corrected chi connectivity index (χ0v) is 20.7. The van der Waals surface area contributed by atoms with Crippen molar-refractivity contribution in [2.24, 2.45) is 0 Å². The Morgan fingerprint density at radius 3 is 1.72 bits per heavy atom. The molecule has 0 bridgehead atoms. The van der Waals surface area contributed by atoms with Crippen LogP contribution in [0, 0.1) is 0 Å². The molecule has 1 fully saturated rings. The maximum Gasteiger partial charge on any atom is 0.123 e. The molecule has 7 nitrogen and oxygen atoms in total.